The largest absolute Gasteiger partial charge is 0.462 e. The van der Waals surface area contributed by atoms with Gasteiger partial charge in [0.05, 0.1) is 12.7 Å². The molecule has 0 aromatic rings. The molecular weight excluding hydrogens is 436 g/mol. The van der Waals surface area contributed by atoms with Crippen LogP contribution < -0.4 is 0 Å². The quantitative estimate of drug-likeness (QED) is 0.267. The molecule has 3 fully saturated rings. The van der Waals surface area contributed by atoms with Gasteiger partial charge < -0.3 is 14.6 Å². The summed E-state index contributed by atoms with van der Waals surface area (Å²) < 4.78 is 10.9. The van der Waals surface area contributed by atoms with Crippen LogP contribution in [-0.4, -0.2) is 37.0 Å². The fourth-order valence-corrected chi connectivity index (χ4v) is 9.18. The van der Waals surface area contributed by atoms with Crippen molar-refractivity contribution in [1.82, 2.24) is 0 Å². The normalized spacial score (nSPS) is 39.4. The Kier molecular flexibility index (Phi) is 8.74. The van der Waals surface area contributed by atoms with E-state index in [2.05, 4.69) is 40.7 Å². The van der Waals surface area contributed by atoms with E-state index in [0.717, 1.165) is 48.3 Å². The summed E-state index contributed by atoms with van der Waals surface area (Å²) in [5, 5.41) is 8.83. The standard InChI is InChI=1S/C31H52O4/c1-21(2)7-6-8-22(3)26-11-12-27-25-10-9-23-19-24(35-20-29(33)34-18-17-32)13-15-30(23,4)28(25)14-16-31(26,27)5/h9,21-22,24-28,32H,6-8,10-20H2,1-5H3/t22-,24+,25+,26-,27+,28+,30+,31-/m1/s1. The number of rotatable bonds is 10. The van der Waals surface area contributed by atoms with Gasteiger partial charge in [0, 0.05) is 0 Å². The summed E-state index contributed by atoms with van der Waals surface area (Å²) in [6, 6.07) is 0. The van der Waals surface area contributed by atoms with E-state index in [4.69, 9.17) is 14.6 Å². The highest BCUT2D eigenvalue weighted by Crippen LogP contribution is 2.67. The van der Waals surface area contributed by atoms with Crippen molar-refractivity contribution in [2.45, 2.75) is 111 Å². The Morgan fingerprint density at radius 3 is 2.63 bits per heavy atom. The Morgan fingerprint density at radius 1 is 1.09 bits per heavy atom. The van der Waals surface area contributed by atoms with Gasteiger partial charge in [0.1, 0.15) is 13.2 Å². The molecule has 200 valence electrons. The Hall–Kier alpha value is -0.870. The SMILES string of the molecule is CC(C)CCC[C@@H](C)[C@H]1CC[C@H]2[C@@H]3CC=C4C[C@@H](OCC(=O)OCCO)CC[C@]4(C)[C@H]3CC[C@]12C. The third-order valence-corrected chi connectivity index (χ3v) is 11.1. The number of carbonyl (C=O) groups excluding carboxylic acids is 1. The zero-order chi connectivity index (χ0) is 25.2. The fourth-order valence-electron chi connectivity index (χ4n) is 9.18. The maximum atomic E-state index is 11.8. The Bertz CT molecular complexity index is 759. The molecule has 4 heteroatoms. The minimum Gasteiger partial charge on any atom is -0.462 e. The lowest BCUT2D eigenvalue weighted by molar-refractivity contribution is -0.153. The zero-order valence-electron chi connectivity index (χ0n) is 23.2. The second kappa shape index (κ2) is 11.3. The molecule has 0 radical (unpaired) electrons. The first-order valence-corrected chi connectivity index (χ1v) is 14.8. The number of carbonyl (C=O) groups is 1. The molecule has 0 saturated heterocycles. The van der Waals surface area contributed by atoms with Gasteiger partial charge in [-0.3, -0.25) is 0 Å². The van der Waals surface area contributed by atoms with Crippen LogP contribution in [0.25, 0.3) is 0 Å². The molecule has 35 heavy (non-hydrogen) atoms. The Balaban J connectivity index is 1.38. The lowest BCUT2D eigenvalue weighted by Crippen LogP contribution is -2.51. The first-order chi connectivity index (χ1) is 16.7. The highest BCUT2D eigenvalue weighted by molar-refractivity contribution is 5.70. The van der Waals surface area contributed by atoms with Gasteiger partial charge in [-0.1, -0.05) is 65.5 Å². The molecule has 4 aliphatic rings. The number of allylic oxidation sites excluding steroid dienone is 1. The van der Waals surface area contributed by atoms with E-state index in [1.165, 1.54) is 57.8 Å². The molecule has 0 spiro atoms. The molecule has 0 unspecified atom stereocenters. The van der Waals surface area contributed by atoms with Crippen molar-refractivity contribution in [2.24, 2.45) is 46.3 Å². The molecule has 0 aromatic carbocycles. The van der Waals surface area contributed by atoms with Crippen LogP contribution >= 0.6 is 0 Å². The van der Waals surface area contributed by atoms with Crippen molar-refractivity contribution in [2.75, 3.05) is 19.8 Å². The summed E-state index contributed by atoms with van der Waals surface area (Å²) in [5.41, 5.74) is 2.44. The number of ether oxygens (including phenoxy) is 2. The fraction of sp³-hybridized carbons (Fsp3) is 0.903. The van der Waals surface area contributed by atoms with Crippen LogP contribution in [0.5, 0.6) is 0 Å². The van der Waals surface area contributed by atoms with Gasteiger partial charge in [-0.15, -0.1) is 0 Å². The van der Waals surface area contributed by atoms with Gasteiger partial charge in [0.25, 0.3) is 0 Å². The van der Waals surface area contributed by atoms with Crippen LogP contribution in [0.15, 0.2) is 11.6 Å². The predicted octanol–water partition coefficient (Wildman–Crippen LogP) is 6.95. The average molecular weight is 489 g/mol. The van der Waals surface area contributed by atoms with Crippen LogP contribution in [-0.2, 0) is 14.3 Å². The number of hydrogen-bond acceptors (Lipinski definition) is 4. The molecule has 3 saturated carbocycles. The van der Waals surface area contributed by atoms with Gasteiger partial charge in [-0.2, -0.15) is 0 Å². The van der Waals surface area contributed by atoms with Crippen LogP contribution in [0.3, 0.4) is 0 Å². The Labute approximate surface area is 214 Å². The van der Waals surface area contributed by atoms with E-state index in [1.807, 2.05) is 0 Å². The Morgan fingerprint density at radius 2 is 1.89 bits per heavy atom. The third kappa shape index (κ3) is 5.54. The first kappa shape index (κ1) is 27.2. The first-order valence-electron chi connectivity index (χ1n) is 14.8. The van der Waals surface area contributed by atoms with Crippen LogP contribution in [0.2, 0.25) is 0 Å². The molecule has 0 heterocycles. The molecule has 4 nitrogen and oxygen atoms in total. The van der Waals surface area contributed by atoms with Gasteiger partial charge in [-0.05, 0) is 97.7 Å². The lowest BCUT2D eigenvalue weighted by Gasteiger charge is -2.58. The molecular formula is C31H52O4. The van der Waals surface area contributed by atoms with Crippen LogP contribution in [0.4, 0.5) is 0 Å². The number of aliphatic hydroxyl groups is 1. The molecule has 1 N–H and O–H groups in total. The minimum atomic E-state index is -0.370. The summed E-state index contributed by atoms with van der Waals surface area (Å²) in [5.74, 6) is 4.78. The summed E-state index contributed by atoms with van der Waals surface area (Å²) in [4.78, 5) is 11.8. The van der Waals surface area contributed by atoms with E-state index in [0.29, 0.717) is 10.8 Å². The van der Waals surface area contributed by atoms with Crippen LogP contribution in [0, 0.1) is 46.3 Å². The number of aliphatic hydroxyl groups excluding tert-OH is 1. The van der Waals surface area contributed by atoms with Crippen LogP contribution in [0.1, 0.15) is 105 Å². The molecule has 4 rings (SSSR count). The van der Waals surface area contributed by atoms with Crippen molar-refractivity contribution in [3.8, 4) is 0 Å². The molecule has 0 aromatic heterocycles. The summed E-state index contributed by atoms with van der Waals surface area (Å²) >= 11 is 0. The van der Waals surface area contributed by atoms with Crippen molar-refractivity contribution in [3.05, 3.63) is 11.6 Å². The summed E-state index contributed by atoms with van der Waals surface area (Å²) in [6.07, 6.45) is 17.0. The number of esters is 1. The maximum Gasteiger partial charge on any atom is 0.332 e. The second-order valence-corrected chi connectivity index (χ2v) is 13.4. The van der Waals surface area contributed by atoms with Gasteiger partial charge in [0.2, 0.25) is 0 Å². The number of hydrogen-bond donors (Lipinski definition) is 1. The van der Waals surface area contributed by atoms with Crippen molar-refractivity contribution in [1.29, 1.82) is 0 Å². The van der Waals surface area contributed by atoms with E-state index in [1.54, 1.807) is 5.57 Å². The highest BCUT2D eigenvalue weighted by Gasteiger charge is 2.59. The van der Waals surface area contributed by atoms with E-state index in [9.17, 15) is 4.79 Å². The van der Waals surface area contributed by atoms with Crippen molar-refractivity contribution >= 4 is 5.97 Å². The van der Waals surface area contributed by atoms with Crippen molar-refractivity contribution < 1.29 is 19.4 Å². The second-order valence-electron chi connectivity index (χ2n) is 13.4. The van der Waals surface area contributed by atoms with Gasteiger partial charge >= 0.3 is 5.97 Å². The number of fused-ring (bicyclic) bond motifs is 5. The molecule has 0 amide bonds. The topological polar surface area (TPSA) is 55.8 Å². The maximum absolute atomic E-state index is 11.8. The van der Waals surface area contributed by atoms with Gasteiger partial charge in [0.15, 0.2) is 0 Å². The monoisotopic (exact) mass is 488 g/mol. The van der Waals surface area contributed by atoms with Crippen molar-refractivity contribution in [3.63, 3.8) is 0 Å². The van der Waals surface area contributed by atoms with E-state index in [-0.39, 0.29) is 31.9 Å². The average Bonchev–Trinajstić information content (AvgIpc) is 3.18. The predicted molar refractivity (Wildman–Crippen MR) is 141 cm³/mol. The van der Waals surface area contributed by atoms with E-state index < -0.39 is 0 Å². The van der Waals surface area contributed by atoms with E-state index >= 15 is 0 Å². The minimum absolute atomic E-state index is 0.00210. The van der Waals surface area contributed by atoms with Gasteiger partial charge in [-0.25, -0.2) is 4.79 Å². The molecule has 0 bridgehead atoms. The highest BCUT2D eigenvalue weighted by atomic mass is 16.6. The summed E-state index contributed by atoms with van der Waals surface area (Å²) in [7, 11) is 0. The zero-order valence-corrected chi connectivity index (χ0v) is 23.2. The summed E-state index contributed by atoms with van der Waals surface area (Å²) in [6.45, 7) is 12.4. The lowest BCUT2D eigenvalue weighted by atomic mass is 9.47. The smallest absolute Gasteiger partial charge is 0.332 e. The third-order valence-electron chi connectivity index (χ3n) is 11.1. The molecule has 0 aliphatic heterocycles. The molecule has 8 atom stereocenters. The molecule has 4 aliphatic carbocycles.